The fourth-order valence-electron chi connectivity index (χ4n) is 2.69. The average Bonchev–Trinajstić information content (AvgIpc) is 3.34. The van der Waals surface area contributed by atoms with Gasteiger partial charge in [0.2, 0.25) is 5.91 Å². The zero-order chi connectivity index (χ0) is 22.8. The fourth-order valence-corrected chi connectivity index (χ4v) is 4.07. The molecule has 166 valence electrons. The highest BCUT2D eigenvalue weighted by Crippen LogP contribution is 2.23. The number of rotatable bonds is 10. The Labute approximate surface area is 195 Å². The van der Waals surface area contributed by atoms with Crippen molar-refractivity contribution >= 4 is 52.3 Å². The van der Waals surface area contributed by atoms with Gasteiger partial charge in [-0.3, -0.25) is 9.59 Å². The van der Waals surface area contributed by atoms with E-state index in [0.717, 1.165) is 17.7 Å². The molecule has 0 unspecified atom stereocenters. The molecule has 0 aliphatic rings. The second-order valence-corrected chi connectivity index (χ2v) is 8.86. The maximum absolute atomic E-state index is 12.3. The first-order valence-corrected chi connectivity index (χ1v) is 12.1. The standard InChI is InChI=1S/C24H24N2O4S2/c1-2-3-13-30-24(29)17-9-11-18(12-10-17)25-22(27)16-32-20-7-4-6-19(15-20)26-23(28)21-8-5-14-31-21/h4-12,14-15H,2-3,13,16H2,1H3,(H,25,27)(H,26,28). The van der Waals surface area contributed by atoms with E-state index in [9.17, 15) is 14.4 Å². The topological polar surface area (TPSA) is 84.5 Å². The van der Waals surface area contributed by atoms with E-state index >= 15 is 0 Å². The lowest BCUT2D eigenvalue weighted by Crippen LogP contribution is -2.14. The highest BCUT2D eigenvalue weighted by Gasteiger charge is 2.10. The summed E-state index contributed by atoms with van der Waals surface area (Å²) >= 11 is 2.75. The van der Waals surface area contributed by atoms with E-state index in [1.54, 1.807) is 30.3 Å². The number of thioether (sulfide) groups is 1. The van der Waals surface area contributed by atoms with Gasteiger partial charge in [0.15, 0.2) is 0 Å². The molecule has 0 aliphatic carbocycles. The van der Waals surface area contributed by atoms with Gasteiger partial charge < -0.3 is 15.4 Å². The molecule has 1 aromatic heterocycles. The number of amides is 2. The van der Waals surface area contributed by atoms with Gasteiger partial charge in [0, 0.05) is 16.3 Å². The molecule has 2 amide bonds. The first-order valence-electron chi connectivity index (χ1n) is 10.2. The predicted octanol–water partition coefficient (Wildman–Crippen LogP) is 5.69. The normalized spacial score (nSPS) is 10.4. The number of anilines is 2. The van der Waals surface area contributed by atoms with Crippen LogP contribution in [0.15, 0.2) is 70.9 Å². The highest BCUT2D eigenvalue weighted by molar-refractivity contribution is 8.00. The average molecular weight is 469 g/mol. The summed E-state index contributed by atoms with van der Waals surface area (Å²) in [6, 6.07) is 17.6. The SMILES string of the molecule is CCCCOC(=O)c1ccc(NC(=O)CSc2cccc(NC(=O)c3cccs3)c2)cc1. The monoisotopic (exact) mass is 468 g/mol. The van der Waals surface area contributed by atoms with E-state index in [4.69, 9.17) is 4.74 Å². The molecule has 3 aromatic rings. The molecule has 0 bridgehead atoms. The summed E-state index contributed by atoms with van der Waals surface area (Å²) in [7, 11) is 0. The fraction of sp³-hybridized carbons (Fsp3) is 0.208. The maximum Gasteiger partial charge on any atom is 0.338 e. The van der Waals surface area contributed by atoms with Crippen LogP contribution in [0.4, 0.5) is 11.4 Å². The highest BCUT2D eigenvalue weighted by atomic mass is 32.2. The van der Waals surface area contributed by atoms with Gasteiger partial charge >= 0.3 is 5.97 Å². The number of ether oxygens (including phenoxy) is 1. The zero-order valence-electron chi connectivity index (χ0n) is 17.6. The van der Waals surface area contributed by atoms with Crippen molar-refractivity contribution in [1.82, 2.24) is 0 Å². The Morgan fingerprint density at radius 3 is 2.50 bits per heavy atom. The van der Waals surface area contributed by atoms with Gasteiger partial charge in [-0.25, -0.2) is 4.79 Å². The second-order valence-electron chi connectivity index (χ2n) is 6.86. The molecule has 2 N–H and O–H groups in total. The molecule has 32 heavy (non-hydrogen) atoms. The maximum atomic E-state index is 12.3. The first kappa shape index (κ1) is 23.6. The predicted molar refractivity (Wildman–Crippen MR) is 130 cm³/mol. The molecule has 0 atom stereocenters. The summed E-state index contributed by atoms with van der Waals surface area (Å²) in [5, 5.41) is 7.53. The summed E-state index contributed by atoms with van der Waals surface area (Å²) in [4.78, 5) is 37.9. The Morgan fingerprint density at radius 1 is 0.969 bits per heavy atom. The molecule has 6 nitrogen and oxygen atoms in total. The van der Waals surface area contributed by atoms with E-state index in [1.807, 2.05) is 42.6 Å². The van der Waals surface area contributed by atoms with Crippen LogP contribution in [0.3, 0.4) is 0 Å². The van der Waals surface area contributed by atoms with E-state index in [-0.39, 0.29) is 23.5 Å². The van der Waals surface area contributed by atoms with Crippen LogP contribution in [0.5, 0.6) is 0 Å². The minimum absolute atomic E-state index is 0.155. The van der Waals surface area contributed by atoms with Gasteiger partial charge in [0.1, 0.15) is 0 Å². The van der Waals surface area contributed by atoms with Crippen molar-refractivity contribution in [2.75, 3.05) is 23.0 Å². The van der Waals surface area contributed by atoms with E-state index in [2.05, 4.69) is 10.6 Å². The van der Waals surface area contributed by atoms with Crippen LogP contribution in [0.2, 0.25) is 0 Å². The Hall–Kier alpha value is -3.10. The number of unbranched alkanes of at least 4 members (excludes halogenated alkanes) is 1. The van der Waals surface area contributed by atoms with Crippen LogP contribution in [-0.2, 0) is 9.53 Å². The molecular weight excluding hydrogens is 444 g/mol. The summed E-state index contributed by atoms with van der Waals surface area (Å²) in [5.74, 6) is -0.472. The quantitative estimate of drug-likeness (QED) is 0.227. The Balaban J connectivity index is 1.47. The number of thiophene rings is 1. The number of carbonyl (C=O) groups excluding carboxylic acids is 3. The van der Waals surface area contributed by atoms with Crippen LogP contribution in [-0.4, -0.2) is 30.1 Å². The molecule has 8 heteroatoms. The molecule has 0 fully saturated rings. The first-order chi connectivity index (χ1) is 15.5. The number of esters is 1. The largest absolute Gasteiger partial charge is 0.462 e. The van der Waals surface area contributed by atoms with Crippen molar-refractivity contribution in [3.63, 3.8) is 0 Å². The second kappa shape index (κ2) is 12.1. The van der Waals surface area contributed by atoms with Crippen molar-refractivity contribution < 1.29 is 19.1 Å². The molecule has 0 spiro atoms. The third kappa shape index (κ3) is 7.25. The van der Waals surface area contributed by atoms with Crippen molar-refractivity contribution in [1.29, 1.82) is 0 Å². The molecule has 1 heterocycles. The minimum atomic E-state index is -0.363. The van der Waals surface area contributed by atoms with E-state index < -0.39 is 0 Å². The number of hydrogen-bond acceptors (Lipinski definition) is 6. The van der Waals surface area contributed by atoms with Gasteiger partial charge in [-0.05, 0) is 60.3 Å². The molecule has 0 aliphatic heterocycles. The van der Waals surface area contributed by atoms with Crippen molar-refractivity contribution in [2.24, 2.45) is 0 Å². The van der Waals surface area contributed by atoms with Crippen LogP contribution >= 0.6 is 23.1 Å². The van der Waals surface area contributed by atoms with Crippen LogP contribution in [0.25, 0.3) is 0 Å². The summed E-state index contributed by atoms with van der Waals surface area (Å²) in [6.07, 6.45) is 1.80. The molecule has 0 saturated heterocycles. The third-order valence-electron chi connectivity index (χ3n) is 4.34. The summed E-state index contributed by atoms with van der Waals surface area (Å²) < 4.78 is 5.18. The van der Waals surface area contributed by atoms with Gasteiger partial charge in [-0.15, -0.1) is 23.1 Å². The molecular formula is C24H24N2O4S2. The number of hydrogen-bond donors (Lipinski definition) is 2. The van der Waals surface area contributed by atoms with Gasteiger partial charge in [0.25, 0.3) is 5.91 Å². The smallest absolute Gasteiger partial charge is 0.338 e. The third-order valence-corrected chi connectivity index (χ3v) is 6.20. The molecule has 2 aromatic carbocycles. The van der Waals surface area contributed by atoms with E-state index in [0.29, 0.717) is 28.4 Å². The van der Waals surface area contributed by atoms with Crippen molar-refractivity contribution in [2.45, 2.75) is 24.7 Å². The van der Waals surface area contributed by atoms with Crippen LogP contribution in [0.1, 0.15) is 39.8 Å². The lowest BCUT2D eigenvalue weighted by molar-refractivity contribution is -0.113. The Kier molecular flexibility index (Phi) is 8.89. The molecule has 3 rings (SSSR count). The van der Waals surface area contributed by atoms with Crippen LogP contribution in [0, 0.1) is 0 Å². The van der Waals surface area contributed by atoms with E-state index in [1.165, 1.54) is 23.1 Å². The van der Waals surface area contributed by atoms with Gasteiger partial charge in [0.05, 0.1) is 22.8 Å². The van der Waals surface area contributed by atoms with Crippen LogP contribution < -0.4 is 10.6 Å². The van der Waals surface area contributed by atoms with Gasteiger partial charge in [-0.2, -0.15) is 0 Å². The van der Waals surface area contributed by atoms with Gasteiger partial charge in [-0.1, -0.05) is 25.5 Å². The molecule has 0 saturated carbocycles. The number of benzene rings is 2. The lowest BCUT2D eigenvalue weighted by Gasteiger charge is -2.08. The Morgan fingerprint density at radius 2 is 1.78 bits per heavy atom. The summed E-state index contributed by atoms with van der Waals surface area (Å²) in [6.45, 7) is 2.44. The zero-order valence-corrected chi connectivity index (χ0v) is 19.3. The number of carbonyl (C=O) groups is 3. The minimum Gasteiger partial charge on any atom is -0.462 e. The summed E-state index contributed by atoms with van der Waals surface area (Å²) in [5.41, 5.74) is 1.74. The van der Waals surface area contributed by atoms with Crippen molar-refractivity contribution in [3.8, 4) is 0 Å². The molecule has 0 radical (unpaired) electrons. The van der Waals surface area contributed by atoms with Crippen molar-refractivity contribution in [3.05, 3.63) is 76.5 Å². The number of nitrogens with one attached hydrogen (secondary N) is 2. The Bertz CT molecular complexity index is 1050. The lowest BCUT2D eigenvalue weighted by atomic mass is 10.2.